The summed E-state index contributed by atoms with van der Waals surface area (Å²) in [5.74, 6) is 0. The van der Waals surface area contributed by atoms with E-state index in [0.29, 0.717) is 6.04 Å². The molecule has 1 aromatic rings. The third kappa shape index (κ3) is 4.55. The summed E-state index contributed by atoms with van der Waals surface area (Å²) in [5.41, 5.74) is 0.634. The molecule has 0 spiro atoms. The monoisotopic (exact) mass is 266 g/mol. The third-order valence-electron chi connectivity index (χ3n) is 2.99. The zero-order valence-electron chi connectivity index (χ0n) is 11.7. The van der Waals surface area contributed by atoms with Crippen LogP contribution in [-0.2, 0) is 11.3 Å². The van der Waals surface area contributed by atoms with Gasteiger partial charge in [0.1, 0.15) is 5.60 Å². The Kier molecular flexibility index (Phi) is 4.09. The summed E-state index contributed by atoms with van der Waals surface area (Å²) < 4.78 is 5.21. The molecule has 1 aromatic heterocycles. The number of aromatic amines is 1. The van der Waals surface area contributed by atoms with Crippen LogP contribution in [0.1, 0.15) is 39.3 Å². The van der Waals surface area contributed by atoms with Gasteiger partial charge in [-0.1, -0.05) is 0 Å². The molecule has 0 aliphatic heterocycles. The molecule has 0 unspecified atom stereocenters. The molecule has 0 atom stereocenters. The van der Waals surface area contributed by atoms with Crippen LogP contribution in [0.15, 0.2) is 12.5 Å². The minimum absolute atomic E-state index is 0.217. The molecule has 1 amide bonds. The summed E-state index contributed by atoms with van der Waals surface area (Å²) >= 11 is 0. The molecular formula is C13H22N4O2. The Morgan fingerprint density at radius 1 is 1.47 bits per heavy atom. The maximum atomic E-state index is 11.5. The molecule has 1 fully saturated rings. The van der Waals surface area contributed by atoms with Crippen molar-refractivity contribution in [2.75, 3.05) is 0 Å². The predicted octanol–water partition coefficient (Wildman–Crippen LogP) is 1.55. The lowest BCUT2D eigenvalue weighted by molar-refractivity contribution is 0.0465. The van der Waals surface area contributed by atoms with E-state index in [0.717, 1.165) is 25.1 Å². The van der Waals surface area contributed by atoms with Gasteiger partial charge in [-0.05, 0) is 33.6 Å². The number of carbonyl (C=O) groups is 1. The van der Waals surface area contributed by atoms with Gasteiger partial charge >= 0.3 is 6.09 Å². The molecule has 1 heterocycles. The minimum atomic E-state index is -0.438. The lowest BCUT2D eigenvalue weighted by Crippen LogP contribution is -2.53. The Morgan fingerprint density at radius 3 is 2.79 bits per heavy atom. The van der Waals surface area contributed by atoms with Crippen molar-refractivity contribution in [3.8, 4) is 0 Å². The molecule has 19 heavy (non-hydrogen) atoms. The number of H-pyrrole nitrogens is 1. The van der Waals surface area contributed by atoms with Gasteiger partial charge < -0.3 is 20.4 Å². The maximum Gasteiger partial charge on any atom is 0.407 e. The van der Waals surface area contributed by atoms with Gasteiger partial charge in [0.15, 0.2) is 0 Å². The van der Waals surface area contributed by atoms with E-state index >= 15 is 0 Å². The number of rotatable bonds is 4. The first-order chi connectivity index (χ1) is 8.92. The van der Waals surface area contributed by atoms with Crippen molar-refractivity contribution in [2.24, 2.45) is 0 Å². The molecule has 0 aromatic carbocycles. The number of aromatic nitrogens is 2. The molecule has 2 rings (SSSR count). The van der Waals surface area contributed by atoms with E-state index in [-0.39, 0.29) is 12.1 Å². The molecule has 106 valence electrons. The normalized spacial score (nSPS) is 22.7. The highest BCUT2D eigenvalue weighted by molar-refractivity contribution is 5.68. The predicted molar refractivity (Wildman–Crippen MR) is 71.6 cm³/mol. The molecule has 6 nitrogen and oxygen atoms in total. The zero-order valence-corrected chi connectivity index (χ0v) is 11.7. The van der Waals surface area contributed by atoms with Crippen molar-refractivity contribution in [3.63, 3.8) is 0 Å². The Morgan fingerprint density at radius 2 is 2.21 bits per heavy atom. The Labute approximate surface area is 113 Å². The van der Waals surface area contributed by atoms with Crippen LogP contribution in [0.2, 0.25) is 0 Å². The number of alkyl carbamates (subject to hydrolysis) is 1. The van der Waals surface area contributed by atoms with Gasteiger partial charge in [0, 0.05) is 30.5 Å². The molecule has 0 bridgehead atoms. The fraction of sp³-hybridized carbons (Fsp3) is 0.692. The fourth-order valence-electron chi connectivity index (χ4n) is 2.01. The van der Waals surface area contributed by atoms with E-state index in [1.807, 2.05) is 27.0 Å². The van der Waals surface area contributed by atoms with Gasteiger partial charge in [0.2, 0.25) is 0 Å². The quantitative estimate of drug-likeness (QED) is 0.772. The van der Waals surface area contributed by atoms with Crippen molar-refractivity contribution in [1.29, 1.82) is 0 Å². The van der Waals surface area contributed by atoms with Gasteiger partial charge in [-0.15, -0.1) is 0 Å². The van der Waals surface area contributed by atoms with Gasteiger partial charge in [0.25, 0.3) is 0 Å². The van der Waals surface area contributed by atoms with Crippen LogP contribution in [0.3, 0.4) is 0 Å². The Bertz CT molecular complexity index is 405. The second-order valence-electron chi connectivity index (χ2n) is 5.97. The molecule has 1 saturated carbocycles. The highest BCUT2D eigenvalue weighted by Crippen LogP contribution is 2.21. The number of carbonyl (C=O) groups excluding carboxylic acids is 1. The fourth-order valence-corrected chi connectivity index (χ4v) is 2.01. The lowest BCUT2D eigenvalue weighted by atomic mass is 9.87. The molecule has 6 heteroatoms. The number of hydrogen-bond acceptors (Lipinski definition) is 4. The van der Waals surface area contributed by atoms with Gasteiger partial charge in [-0.2, -0.15) is 0 Å². The first-order valence-corrected chi connectivity index (χ1v) is 6.62. The number of imidazole rings is 1. The molecule has 0 saturated heterocycles. The van der Waals surface area contributed by atoms with Crippen LogP contribution >= 0.6 is 0 Å². The largest absolute Gasteiger partial charge is 0.444 e. The van der Waals surface area contributed by atoms with E-state index in [9.17, 15) is 4.79 Å². The second kappa shape index (κ2) is 5.61. The summed E-state index contributed by atoms with van der Waals surface area (Å²) in [7, 11) is 0. The number of nitrogens with one attached hydrogen (secondary N) is 3. The van der Waals surface area contributed by atoms with Crippen molar-refractivity contribution in [1.82, 2.24) is 20.6 Å². The number of nitrogens with zero attached hydrogens (tertiary/aromatic N) is 1. The SMILES string of the molecule is CC(C)(C)OC(=O)NC1CC(NCc2cnc[nH]2)C1. The van der Waals surface area contributed by atoms with Crippen LogP contribution in [0.25, 0.3) is 0 Å². The first kappa shape index (κ1) is 13.9. The van der Waals surface area contributed by atoms with Crippen molar-refractivity contribution < 1.29 is 9.53 Å². The van der Waals surface area contributed by atoms with Crippen molar-refractivity contribution in [3.05, 3.63) is 18.2 Å². The summed E-state index contributed by atoms with van der Waals surface area (Å²) in [6.45, 7) is 6.37. The minimum Gasteiger partial charge on any atom is -0.444 e. The summed E-state index contributed by atoms with van der Waals surface area (Å²) in [4.78, 5) is 18.6. The Hall–Kier alpha value is -1.56. The van der Waals surface area contributed by atoms with E-state index in [4.69, 9.17) is 4.74 Å². The van der Waals surface area contributed by atoms with Gasteiger partial charge in [-0.3, -0.25) is 0 Å². The lowest BCUT2D eigenvalue weighted by Gasteiger charge is -2.36. The maximum absolute atomic E-state index is 11.5. The second-order valence-corrected chi connectivity index (χ2v) is 5.97. The standard InChI is InChI=1S/C13H22N4O2/c1-13(2,3)19-12(18)17-10-4-9(5-10)15-7-11-6-14-8-16-11/h6,8-10,15H,4-5,7H2,1-3H3,(H,14,16)(H,17,18). The van der Waals surface area contributed by atoms with Gasteiger partial charge in [0.05, 0.1) is 6.33 Å². The van der Waals surface area contributed by atoms with Crippen LogP contribution in [0.4, 0.5) is 4.79 Å². The highest BCUT2D eigenvalue weighted by atomic mass is 16.6. The first-order valence-electron chi connectivity index (χ1n) is 6.62. The summed E-state index contributed by atoms with van der Waals surface area (Å²) in [6, 6.07) is 0.664. The van der Waals surface area contributed by atoms with Crippen LogP contribution in [-0.4, -0.2) is 33.7 Å². The summed E-state index contributed by atoms with van der Waals surface area (Å²) in [5, 5.41) is 6.28. The zero-order chi connectivity index (χ0) is 13.9. The molecule has 3 N–H and O–H groups in total. The van der Waals surface area contributed by atoms with Crippen molar-refractivity contribution >= 4 is 6.09 Å². The number of amides is 1. The molecule has 1 aliphatic carbocycles. The molecular weight excluding hydrogens is 244 g/mol. The van der Waals surface area contributed by atoms with Crippen LogP contribution in [0.5, 0.6) is 0 Å². The van der Waals surface area contributed by atoms with E-state index < -0.39 is 5.60 Å². The smallest absolute Gasteiger partial charge is 0.407 e. The van der Waals surface area contributed by atoms with Gasteiger partial charge in [-0.25, -0.2) is 9.78 Å². The average Bonchev–Trinajstić information content (AvgIpc) is 2.71. The highest BCUT2D eigenvalue weighted by Gasteiger charge is 2.31. The third-order valence-corrected chi connectivity index (χ3v) is 2.99. The van der Waals surface area contributed by atoms with Crippen LogP contribution < -0.4 is 10.6 Å². The average molecular weight is 266 g/mol. The molecule has 1 aliphatic rings. The number of ether oxygens (including phenoxy) is 1. The number of hydrogen-bond donors (Lipinski definition) is 3. The summed E-state index contributed by atoms with van der Waals surface area (Å²) in [6.07, 6.45) is 5.03. The van der Waals surface area contributed by atoms with E-state index in [1.165, 1.54) is 0 Å². The van der Waals surface area contributed by atoms with Crippen LogP contribution in [0, 0.1) is 0 Å². The van der Waals surface area contributed by atoms with E-state index in [2.05, 4.69) is 20.6 Å². The van der Waals surface area contributed by atoms with E-state index in [1.54, 1.807) is 6.33 Å². The molecule has 0 radical (unpaired) electrons. The topological polar surface area (TPSA) is 79.0 Å². The Balaban J connectivity index is 1.60. The van der Waals surface area contributed by atoms with Crippen molar-refractivity contribution in [2.45, 2.75) is 57.8 Å².